The Morgan fingerprint density at radius 1 is 1.14 bits per heavy atom. The minimum atomic E-state index is -4.70. The summed E-state index contributed by atoms with van der Waals surface area (Å²) in [5.74, 6) is -0.681. The molecule has 22 heavy (non-hydrogen) atoms. The highest BCUT2D eigenvalue weighted by Gasteiger charge is 2.62. The zero-order valence-electron chi connectivity index (χ0n) is 11.4. The first-order chi connectivity index (χ1) is 10.3. The molecule has 0 amide bonds. The van der Waals surface area contributed by atoms with Crippen LogP contribution < -0.4 is 0 Å². The molecule has 1 aliphatic rings. The Labute approximate surface area is 124 Å². The second-order valence-corrected chi connectivity index (χ2v) is 5.53. The summed E-state index contributed by atoms with van der Waals surface area (Å²) in [4.78, 5) is 12.0. The third kappa shape index (κ3) is 2.54. The fourth-order valence-corrected chi connectivity index (χ4v) is 2.54. The number of ether oxygens (including phenoxy) is 1. The van der Waals surface area contributed by atoms with Crippen molar-refractivity contribution in [3.63, 3.8) is 0 Å². The van der Waals surface area contributed by atoms with E-state index in [1.54, 1.807) is 18.2 Å². The molecule has 0 aliphatic heterocycles. The van der Waals surface area contributed by atoms with Crippen LogP contribution in [-0.4, -0.2) is 29.0 Å². The number of halogens is 3. The van der Waals surface area contributed by atoms with Crippen molar-refractivity contribution < 1.29 is 27.8 Å². The quantitative estimate of drug-likeness (QED) is 0.864. The number of rotatable bonds is 2. The summed E-state index contributed by atoms with van der Waals surface area (Å²) in [5, 5.41) is 11.1. The maximum absolute atomic E-state index is 12.5. The summed E-state index contributed by atoms with van der Waals surface area (Å²) in [5.41, 5.74) is -2.46. The topological polar surface area (TPSA) is 46.5 Å². The van der Waals surface area contributed by atoms with Gasteiger partial charge in [-0.3, -0.25) is 0 Å². The van der Waals surface area contributed by atoms with Gasteiger partial charge in [0.05, 0.1) is 5.56 Å². The third-order valence-electron chi connectivity index (χ3n) is 3.92. The molecule has 0 heterocycles. The Balaban J connectivity index is 1.68. The van der Waals surface area contributed by atoms with Gasteiger partial charge in [-0.25, -0.2) is 4.79 Å². The summed E-state index contributed by atoms with van der Waals surface area (Å²) in [6.45, 7) is 0. The van der Waals surface area contributed by atoms with Crippen LogP contribution in [0.25, 0.3) is 10.8 Å². The molecule has 6 heteroatoms. The molecule has 3 rings (SSSR count). The van der Waals surface area contributed by atoms with Crippen LogP contribution in [0.2, 0.25) is 0 Å². The molecule has 1 aliphatic carbocycles. The van der Waals surface area contributed by atoms with E-state index in [9.17, 15) is 23.1 Å². The van der Waals surface area contributed by atoms with Crippen molar-refractivity contribution in [3.05, 3.63) is 48.0 Å². The van der Waals surface area contributed by atoms with E-state index >= 15 is 0 Å². The Hall–Kier alpha value is -2.08. The van der Waals surface area contributed by atoms with Gasteiger partial charge in [-0.1, -0.05) is 30.3 Å². The van der Waals surface area contributed by atoms with Crippen LogP contribution in [-0.2, 0) is 4.74 Å². The van der Waals surface area contributed by atoms with E-state index in [0.717, 1.165) is 10.8 Å². The smallest absolute Gasteiger partial charge is 0.417 e. The van der Waals surface area contributed by atoms with Crippen molar-refractivity contribution in [2.75, 3.05) is 0 Å². The largest absolute Gasteiger partial charge is 0.459 e. The number of carbonyl (C=O) groups is 1. The molecule has 0 radical (unpaired) electrons. The molecule has 0 aromatic heterocycles. The molecule has 1 saturated carbocycles. The summed E-state index contributed by atoms with van der Waals surface area (Å²) >= 11 is 0. The highest BCUT2D eigenvalue weighted by Crippen LogP contribution is 2.46. The van der Waals surface area contributed by atoms with Crippen LogP contribution in [0.3, 0.4) is 0 Å². The first kappa shape index (κ1) is 14.8. The van der Waals surface area contributed by atoms with E-state index in [4.69, 9.17) is 4.74 Å². The van der Waals surface area contributed by atoms with Gasteiger partial charge in [0.25, 0.3) is 0 Å². The fraction of sp³-hybridized carbons (Fsp3) is 0.312. The summed E-state index contributed by atoms with van der Waals surface area (Å²) < 4.78 is 42.5. The van der Waals surface area contributed by atoms with Crippen LogP contribution in [0.5, 0.6) is 0 Å². The summed E-state index contributed by atoms with van der Waals surface area (Å²) in [6, 6.07) is 12.4. The number of hydrogen-bond acceptors (Lipinski definition) is 3. The molecular weight excluding hydrogens is 297 g/mol. The molecule has 1 N–H and O–H groups in total. The van der Waals surface area contributed by atoms with Gasteiger partial charge in [-0.05, 0) is 22.9 Å². The standard InChI is InChI=1S/C16H13F3O3/c17-16(18,19)15(21)8-13(9-15)22-14(20)12-6-5-10-3-1-2-4-11(10)7-12/h1-7,13,21H,8-9H2. The lowest BCUT2D eigenvalue weighted by molar-refractivity contribution is -0.305. The number of carbonyl (C=O) groups excluding carboxylic acids is 1. The maximum atomic E-state index is 12.5. The van der Waals surface area contributed by atoms with Crippen molar-refractivity contribution in [1.29, 1.82) is 0 Å². The zero-order valence-corrected chi connectivity index (χ0v) is 11.4. The number of alkyl halides is 3. The summed E-state index contributed by atoms with van der Waals surface area (Å²) in [7, 11) is 0. The van der Waals surface area contributed by atoms with E-state index in [-0.39, 0.29) is 5.56 Å². The van der Waals surface area contributed by atoms with Crippen LogP contribution in [0, 0.1) is 0 Å². The monoisotopic (exact) mass is 310 g/mol. The molecule has 0 saturated heterocycles. The second kappa shape index (κ2) is 4.98. The van der Waals surface area contributed by atoms with Crippen LogP contribution >= 0.6 is 0 Å². The lowest BCUT2D eigenvalue weighted by Crippen LogP contribution is -2.58. The average molecular weight is 310 g/mol. The number of benzene rings is 2. The molecule has 0 bridgehead atoms. The number of aliphatic hydroxyl groups is 1. The maximum Gasteiger partial charge on any atom is 0.417 e. The predicted molar refractivity (Wildman–Crippen MR) is 73.4 cm³/mol. The Morgan fingerprint density at radius 3 is 2.41 bits per heavy atom. The molecule has 2 aromatic carbocycles. The van der Waals surface area contributed by atoms with Gasteiger partial charge in [0.15, 0.2) is 5.60 Å². The zero-order chi connectivity index (χ0) is 16.0. The lowest BCUT2D eigenvalue weighted by atomic mass is 9.77. The minimum absolute atomic E-state index is 0.279. The van der Waals surface area contributed by atoms with Crippen molar-refractivity contribution in [2.24, 2.45) is 0 Å². The second-order valence-electron chi connectivity index (χ2n) is 5.53. The highest BCUT2D eigenvalue weighted by atomic mass is 19.4. The van der Waals surface area contributed by atoms with Crippen LogP contribution in [0.1, 0.15) is 23.2 Å². The van der Waals surface area contributed by atoms with E-state index in [0.29, 0.717) is 0 Å². The number of fused-ring (bicyclic) bond motifs is 1. The molecule has 0 unspecified atom stereocenters. The van der Waals surface area contributed by atoms with Crippen molar-refractivity contribution in [2.45, 2.75) is 30.7 Å². The van der Waals surface area contributed by atoms with Gasteiger partial charge < -0.3 is 9.84 Å². The molecule has 0 atom stereocenters. The third-order valence-corrected chi connectivity index (χ3v) is 3.92. The van der Waals surface area contributed by atoms with Crippen molar-refractivity contribution >= 4 is 16.7 Å². The molecule has 2 aromatic rings. The first-order valence-corrected chi connectivity index (χ1v) is 6.77. The molecule has 116 valence electrons. The summed E-state index contributed by atoms with van der Waals surface area (Å²) in [6.07, 6.45) is -6.84. The molecule has 0 spiro atoms. The SMILES string of the molecule is O=C(OC1CC(O)(C(F)(F)F)C1)c1ccc2ccccc2c1. The molecule has 3 nitrogen and oxygen atoms in total. The van der Waals surface area contributed by atoms with Gasteiger partial charge >= 0.3 is 12.1 Å². The van der Waals surface area contributed by atoms with E-state index in [1.165, 1.54) is 0 Å². The minimum Gasteiger partial charge on any atom is -0.459 e. The van der Waals surface area contributed by atoms with Crippen LogP contribution in [0.4, 0.5) is 13.2 Å². The predicted octanol–water partition coefficient (Wildman–Crippen LogP) is 3.45. The average Bonchev–Trinajstić information content (AvgIpc) is 2.43. The van der Waals surface area contributed by atoms with Crippen LogP contribution in [0.15, 0.2) is 42.5 Å². The Bertz CT molecular complexity index is 718. The molecular formula is C16H13F3O3. The number of hydrogen-bond donors (Lipinski definition) is 1. The molecule has 1 fully saturated rings. The van der Waals surface area contributed by atoms with Gasteiger partial charge in [-0.2, -0.15) is 13.2 Å². The van der Waals surface area contributed by atoms with E-state index in [1.807, 2.05) is 24.3 Å². The number of esters is 1. The van der Waals surface area contributed by atoms with E-state index < -0.39 is 36.7 Å². The fourth-order valence-electron chi connectivity index (χ4n) is 2.54. The lowest BCUT2D eigenvalue weighted by Gasteiger charge is -2.43. The normalized spacial score (nSPS) is 24.8. The van der Waals surface area contributed by atoms with Gasteiger partial charge in [0.1, 0.15) is 6.10 Å². The van der Waals surface area contributed by atoms with E-state index in [2.05, 4.69) is 0 Å². The van der Waals surface area contributed by atoms with Gasteiger partial charge in [-0.15, -0.1) is 0 Å². The Morgan fingerprint density at radius 2 is 1.77 bits per heavy atom. The van der Waals surface area contributed by atoms with Crippen molar-refractivity contribution in [3.8, 4) is 0 Å². The van der Waals surface area contributed by atoms with Crippen molar-refractivity contribution in [1.82, 2.24) is 0 Å². The first-order valence-electron chi connectivity index (χ1n) is 6.77. The highest BCUT2D eigenvalue weighted by molar-refractivity contribution is 5.95. The van der Waals surface area contributed by atoms with Gasteiger partial charge in [0.2, 0.25) is 0 Å². The van der Waals surface area contributed by atoms with Gasteiger partial charge in [0, 0.05) is 12.8 Å². The Kier molecular flexibility index (Phi) is 3.36.